The molecule has 9 aromatic rings. The summed E-state index contributed by atoms with van der Waals surface area (Å²) in [7, 11) is 0. The van der Waals surface area contributed by atoms with E-state index in [2.05, 4.69) is 156 Å². The van der Waals surface area contributed by atoms with Gasteiger partial charge in [0.05, 0.1) is 28.1 Å². The summed E-state index contributed by atoms with van der Waals surface area (Å²) in [6.45, 7) is 0. The van der Waals surface area contributed by atoms with Gasteiger partial charge in [-0.2, -0.15) is 0 Å². The van der Waals surface area contributed by atoms with E-state index in [-0.39, 0.29) is 0 Å². The van der Waals surface area contributed by atoms with Gasteiger partial charge in [0, 0.05) is 38.2 Å². The van der Waals surface area contributed by atoms with E-state index in [0.29, 0.717) is 5.82 Å². The van der Waals surface area contributed by atoms with Crippen LogP contribution in [-0.2, 0) is 0 Å². The van der Waals surface area contributed by atoms with E-state index < -0.39 is 0 Å². The minimum absolute atomic E-state index is 0.688. The molecule has 6 aromatic carbocycles. The lowest BCUT2D eigenvalue weighted by molar-refractivity contribution is 0.670. The molecular weight excluding hydrogens is 611 g/mol. The molecule has 0 saturated heterocycles. The van der Waals surface area contributed by atoms with Crippen LogP contribution in [0.15, 0.2) is 168 Å². The third-order valence-corrected chi connectivity index (χ3v) is 9.85. The molecule has 236 valence electrons. The van der Waals surface area contributed by atoms with Crippen LogP contribution in [0.4, 0.5) is 0 Å². The lowest BCUT2D eigenvalue weighted by Crippen LogP contribution is -2.02. The van der Waals surface area contributed by atoms with Crippen molar-refractivity contribution in [2.45, 2.75) is 12.8 Å². The maximum atomic E-state index is 6.42. The number of fused-ring (bicyclic) bond motifs is 6. The second-order valence-corrected chi connectivity index (χ2v) is 12.8. The van der Waals surface area contributed by atoms with Crippen LogP contribution >= 0.6 is 0 Å². The van der Waals surface area contributed by atoms with Gasteiger partial charge < -0.3 is 8.98 Å². The third kappa shape index (κ3) is 4.61. The highest BCUT2D eigenvalue weighted by molar-refractivity contribution is 6.10. The van der Waals surface area contributed by atoms with E-state index in [4.69, 9.17) is 14.4 Å². The van der Waals surface area contributed by atoms with Crippen molar-refractivity contribution < 1.29 is 4.42 Å². The molecule has 0 aliphatic heterocycles. The van der Waals surface area contributed by atoms with Gasteiger partial charge in [0.15, 0.2) is 5.82 Å². The standard InChI is InChI=1S/C46H31N3O/c1-2-14-30(15-3-1)39-29-40(38-21-6-10-26-43(38)49-41-24-8-4-18-34(41)35-19-5-9-25-42(35)49)48-46(47-39)32-17-12-16-31(28-32)33-22-13-23-37-36-20-7-11-27-44(36)50-45(33)37/h2,4-29H,1,3H2. The molecule has 0 bridgehead atoms. The highest BCUT2D eigenvalue weighted by Crippen LogP contribution is 2.39. The normalized spacial score (nSPS) is 13.1. The van der Waals surface area contributed by atoms with Gasteiger partial charge >= 0.3 is 0 Å². The van der Waals surface area contributed by atoms with E-state index in [1.54, 1.807) is 0 Å². The van der Waals surface area contributed by atoms with Crippen molar-refractivity contribution in [1.82, 2.24) is 14.5 Å². The summed E-state index contributed by atoms with van der Waals surface area (Å²) >= 11 is 0. The topological polar surface area (TPSA) is 43.9 Å². The largest absolute Gasteiger partial charge is 0.455 e. The second-order valence-electron chi connectivity index (χ2n) is 12.8. The Morgan fingerprint density at radius 2 is 1.18 bits per heavy atom. The Balaban J connectivity index is 1.17. The van der Waals surface area contributed by atoms with E-state index in [0.717, 1.165) is 79.7 Å². The van der Waals surface area contributed by atoms with Crippen molar-refractivity contribution in [3.8, 4) is 39.5 Å². The Morgan fingerprint density at radius 3 is 2.00 bits per heavy atom. The summed E-state index contributed by atoms with van der Waals surface area (Å²) in [5.41, 5.74) is 12.2. The predicted octanol–water partition coefficient (Wildman–Crippen LogP) is 12.2. The van der Waals surface area contributed by atoms with Gasteiger partial charge in [-0.05, 0) is 60.4 Å². The number of nitrogens with zero attached hydrogens (tertiary/aromatic N) is 3. The number of hydrogen-bond donors (Lipinski definition) is 0. The maximum Gasteiger partial charge on any atom is 0.160 e. The molecule has 1 aliphatic carbocycles. The van der Waals surface area contributed by atoms with Gasteiger partial charge in [-0.3, -0.25) is 0 Å². The molecule has 0 spiro atoms. The molecule has 10 rings (SSSR count). The second kappa shape index (κ2) is 11.6. The molecule has 1 aliphatic rings. The highest BCUT2D eigenvalue weighted by Gasteiger charge is 2.19. The van der Waals surface area contributed by atoms with Crippen LogP contribution in [0.1, 0.15) is 18.5 Å². The Bertz CT molecular complexity index is 2780. The van der Waals surface area contributed by atoms with E-state index in [1.807, 2.05) is 12.1 Å². The zero-order valence-electron chi connectivity index (χ0n) is 27.3. The zero-order chi connectivity index (χ0) is 33.0. The number of rotatable bonds is 5. The molecule has 3 aromatic heterocycles. The van der Waals surface area contributed by atoms with Crippen molar-refractivity contribution in [2.24, 2.45) is 0 Å². The molecule has 4 nitrogen and oxygen atoms in total. The quantitative estimate of drug-likeness (QED) is 0.188. The van der Waals surface area contributed by atoms with Crippen molar-refractivity contribution in [1.29, 1.82) is 0 Å². The zero-order valence-corrected chi connectivity index (χ0v) is 27.3. The van der Waals surface area contributed by atoms with Crippen LogP contribution in [0.25, 0.3) is 88.8 Å². The predicted molar refractivity (Wildman–Crippen MR) is 206 cm³/mol. The molecule has 4 heteroatoms. The summed E-state index contributed by atoms with van der Waals surface area (Å²) in [5, 5.41) is 4.70. The molecule has 0 amide bonds. The summed E-state index contributed by atoms with van der Waals surface area (Å²) in [6.07, 6.45) is 8.75. The Labute approximate surface area is 289 Å². The molecular formula is C46H31N3O. The molecule has 3 heterocycles. The lowest BCUT2D eigenvalue weighted by atomic mass is 9.99. The van der Waals surface area contributed by atoms with Gasteiger partial charge in [-0.15, -0.1) is 0 Å². The fourth-order valence-corrected chi connectivity index (χ4v) is 7.53. The van der Waals surface area contributed by atoms with Gasteiger partial charge in [0.1, 0.15) is 11.2 Å². The molecule has 0 unspecified atom stereocenters. The fourth-order valence-electron chi connectivity index (χ4n) is 7.53. The smallest absolute Gasteiger partial charge is 0.160 e. The lowest BCUT2D eigenvalue weighted by Gasteiger charge is -2.16. The number of allylic oxidation sites excluding steroid dienone is 4. The van der Waals surface area contributed by atoms with Gasteiger partial charge in [-0.25, -0.2) is 9.97 Å². The van der Waals surface area contributed by atoms with Crippen LogP contribution in [-0.4, -0.2) is 14.5 Å². The number of furan rings is 1. The molecule has 50 heavy (non-hydrogen) atoms. The SMILES string of the molecule is C1=CC(c2cc(-c3ccccc3-n3c4ccccc4c4ccccc43)nc(-c3cccc(-c4cccc5c4oc4ccccc45)c3)n2)=CCC1. The van der Waals surface area contributed by atoms with E-state index in [1.165, 1.54) is 21.8 Å². The van der Waals surface area contributed by atoms with Gasteiger partial charge in [-0.1, -0.05) is 127 Å². The van der Waals surface area contributed by atoms with Crippen LogP contribution in [0.3, 0.4) is 0 Å². The van der Waals surface area contributed by atoms with Crippen molar-refractivity contribution in [3.63, 3.8) is 0 Å². The highest BCUT2D eigenvalue weighted by atomic mass is 16.3. The van der Waals surface area contributed by atoms with Crippen LogP contribution in [0.2, 0.25) is 0 Å². The first-order valence-corrected chi connectivity index (χ1v) is 17.2. The van der Waals surface area contributed by atoms with Crippen LogP contribution in [0.5, 0.6) is 0 Å². The molecule has 0 radical (unpaired) electrons. The maximum absolute atomic E-state index is 6.42. The number of benzene rings is 6. The summed E-state index contributed by atoms with van der Waals surface area (Å²) in [6, 6.07) is 51.1. The van der Waals surface area contributed by atoms with E-state index in [9.17, 15) is 0 Å². The van der Waals surface area contributed by atoms with Gasteiger partial charge in [0.2, 0.25) is 0 Å². The Morgan fingerprint density at radius 1 is 0.520 bits per heavy atom. The molecule has 0 fully saturated rings. The van der Waals surface area contributed by atoms with Crippen molar-refractivity contribution in [2.75, 3.05) is 0 Å². The van der Waals surface area contributed by atoms with Crippen molar-refractivity contribution >= 4 is 49.3 Å². The molecule has 0 saturated carbocycles. The summed E-state index contributed by atoms with van der Waals surface area (Å²) in [4.78, 5) is 10.5. The molecule has 0 atom stereocenters. The Kier molecular flexibility index (Phi) is 6.59. The minimum Gasteiger partial charge on any atom is -0.455 e. The number of hydrogen-bond acceptors (Lipinski definition) is 3. The van der Waals surface area contributed by atoms with Crippen LogP contribution in [0, 0.1) is 0 Å². The fraction of sp³-hybridized carbons (Fsp3) is 0.0435. The first kappa shape index (κ1) is 28.5. The summed E-state index contributed by atoms with van der Waals surface area (Å²) in [5.74, 6) is 0.688. The molecule has 0 N–H and O–H groups in total. The van der Waals surface area contributed by atoms with Crippen LogP contribution < -0.4 is 0 Å². The average Bonchev–Trinajstić information content (AvgIpc) is 3.74. The van der Waals surface area contributed by atoms with E-state index >= 15 is 0 Å². The number of aromatic nitrogens is 3. The third-order valence-electron chi connectivity index (χ3n) is 9.85. The Hall–Kier alpha value is -6.52. The first-order chi connectivity index (χ1) is 24.8. The minimum atomic E-state index is 0.688. The first-order valence-electron chi connectivity index (χ1n) is 17.2. The summed E-state index contributed by atoms with van der Waals surface area (Å²) < 4.78 is 8.79. The van der Waals surface area contributed by atoms with Crippen molar-refractivity contribution in [3.05, 3.63) is 170 Å². The van der Waals surface area contributed by atoms with Gasteiger partial charge in [0.25, 0.3) is 0 Å². The monoisotopic (exact) mass is 641 g/mol. The average molecular weight is 642 g/mol. The number of para-hydroxylation sites is 5.